The fourth-order valence-corrected chi connectivity index (χ4v) is 2.70. The molecular formula is C19H22ClNO2. The van der Waals surface area contributed by atoms with Gasteiger partial charge in [-0.05, 0) is 37.1 Å². The lowest BCUT2D eigenvalue weighted by Gasteiger charge is -2.20. The summed E-state index contributed by atoms with van der Waals surface area (Å²) in [6, 6.07) is 14.8. The van der Waals surface area contributed by atoms with E-state index in [2.05, 4.69) is 5.32 Å². The van der Waals surface area contributed by atoms with Crippen molar-refractivity contribution in [2.75, 3.05) is 0 Å². The van der Waals surface area contributed by atoms with E-state index in [4.69, 9.17) is 11.6 Å². The van der Waals surface area contributed by atoms with Gasteiger partial charge < -0.3 is 10.4 Å². The van der Waals surface area contributed by atoms with E-state index in [9.17, 15) is 9.90 Å². The molecule has 3 nitrogen and oxygen atoms in total. The van der Waals surface area contributed by atoms with Gasteiger partial charge in [-0.3, -0.25) is 4.79 Å². The van der Waals surface area contributed by atoms with Gasteiger partial charge in [0.2, 0.25) is 5.91 Å². The van der Waals surface area contributed by atoms with Crippen LogP contribution in [0, 0.1) is 0 Å². The summed E-state index contributed by atoms with van der Waals surface area (Å²) < 4.78 is 0. The first-order chi connectivity index (χ1) is 11.0. The lowest BCUT2D eigenvalue weighted by atomic mass is 9.87. The number of hydrogen-bond donors (Lipinski definition) is 2. The summed E-state index contributed by atoms with van der Waals surface area (Å²) in [6.07, 6.45) is 1.15. The molecular weight excluding hydrogens is 310 g/mol. The van der Waals surface area contributed by atoms with Gasteiger partial charge in [0.05, 0.1) is 0 Å². The molecule has 1 amide bonds. The van der Waals surface area contributed by atoms with E-state index >= 15 is 0 Å². The van der Waals surface area contributed by atoms with Crippen LogP contribution in [0.25, 0.3) is 0 Å². The Labute approximate surface area is 142 Å². The number of carbonyl (C=O) groups excluding carboxylic acids is 1. The second-order valence-corrected chi connectivity index (χ2v) is 6.18. The monoisotopic (exact) mass is 331 g/mol. The highest BCUT2D eigenvalue weighted by Crippen LogP contribution is 2.35. The van der Waals surface area contributed by atoms with Gasteiger partial charge in [-0.15, -0.1) is 0 Å². The Balaban J connectivity index is 2.33. The molecule has 2 aromatic rings. The number of hydrogen-bond acceptors (Lipinski definition) is 2. The summed E-state index contributed by atoms with van der Waals surface area (Å²) in [4.78, 5) is 12.3. The second-order valence-electron chi connectivity index (χ2n) is 5.75. The van der Waals surface area contributed by atoms with Gasteiger partial charge in [-0.1, -0.05) is 48.9 Å². The molecule has 0 aromatic heterocycles. The van der Waals surface area contributed by atoms with Crippen LogP contribution in [0.4, 0.5) is 0 Å². The maximum Gasteiger partial charge on any atom is 0.221 e. The van der Waals surface area contributed by atoms with Crippen LogP contribution in [0.1, 0.15) is 43.7 Å². The number of phenolic OH excluding ortho intramolecular Hbond substituents is 1. The molecule has 2 aromatic carbocycles. The minimum Gasteiger partial charge on any atom is -0.508 e. The maximum atomic E-state index is 12.3. The Morgan fingerprint density at radius 3 is 2.57 bits per heavy atom. The van der Waals surface area contributed by atoms with Crippen molar-refractivity contribution in [1.82, 2.24) is 5.32 Å². The highest BCUT2D eigenvalue weighted by molar-refractivity contribution is 6.30. The van der Waals surface area contributed by atoms with E-state index < -0.39 is 0 Å². The average Bonchev–Trinajstić information content (AvgIpc) is 2.55. The Bertz CT molecular complexity index is 658. The molecule has 0 aliphatic carbocycles. The Kier molecular flexibility index (Phi) is 6.05. The van der Waals surface area contributed by atoms with E-state index in [1.807, 2.05) is 44.2 Å². The van der Waals surface area contributed by atoms with Gasteiger partial charge in [0.25, 0.3) is 0 Å². The molecule has 4 heteroatoms. The number of nitrogens with one attached hydrogen (secondary N) is 1. The molecule has 0 bridgehead atoms. The predicted molar refractivity (Wildman–Crippen MR) is 93.9 cm³/mol. The third-order valence-corrected chi connectivity index (χ3v) is 4.21. The third-order valence-electron chi connectivity index (χ3n) is 3.98. The van der Waals surface area contributed by atoms with Crippen LogP contribution in [0.15, 0.2) is 48.5 Å². The number of rotatable bonds is 6. The first-order valence-electron chi connectivity index (χ1n) is 7.84. The summed E-state index contributed by atoms with van der Waals surface area (Å²) in [5.74, 6) is -0.119. The summed E-state index contributed by atoms with van der Waals surface area (Å²) in [7, 11) is 0. The van der Waals surface area contributed by atoms with Crippen molar-refractivity contribution in [2.24, 2.45) is 0 Å². The van der Waals surface area contributed by atoms with Crippen LogP contribution in [0.2, 0.25) is 5.02 Å². The van der Waals surface area contributed by atoms with E-state index in [1.54, 1.807) is 18.2 Å². The third kappa shape index (κ3) is 4.73. The van der Waals surface area contributed by atoms with Gasteiger partial charge in [0, 0.05) is 29.0 Å². The van der Waals surface area contributed by atoms with Crippen LogP contribution in [-0.2, 0) is 4.79 Å². The standard InChI is InChI=1S/C19H22ClNO2/c1-3-13(2)21-19(23)12-16(14-7-5-4-6-8-14)17-11-15(20)9-10-18(17)22/h4-11,13,16,22H,3,12H2,1-2H3,(H,21,23)/t13-,16+/m1/s1. The number of amides is 1. The lowest BCUT2D eigenvalue weighted by Crippen LogP contribution is -2.33. The number of phenols is 1. The van der Waals surface area contributed by atoms with Crippen LogP contribution in [-0.4, -0.2) is 17.1 Å². The maximum absolute atomic E-state index is 12.3. The second kappa shape index (κ2) is 8.02. The van der Waals surface area contributed by atoms with Crippen molar-refractivity contribution in [3.05, 3.63) is 64.7 Å². The van der Waals surface area contributed by atoms with Crippen LogP contribution in [0.3, 0.4) is 0 Å². The predicted octanol–water partition coefficient (Wildman–Crippen LogP) is 4.48. The Morgan fingerprint density at radius 2 is 1.91 bits per heavy atom. The first kappa shape index (κ1) is 17.4. The zero-order chi connectivity index (χ0) is 16.8. The topological polar surface area (TPSA) is 49.3 Å². The quantitative estimate of drug-likeness (QED) is 0.819. The normalized spacial score (nSPS) is 13.3. The molecule has 0 fully saturated rings. The van der Waals surface area contributed by atoms with Gasteiger partial charge in [0.1, 0.15) is 5.75 Å². The fourth-order valence-electron chi connectivity index (χ4n) is 2.52. The summed E-state index contributed by atoms with van der Waals surface area (Å²) in [6.45, 7) is 4.01. The van der Waals surface area contributed by atoms with E-state index in [0.717, 1.165) is 12.0 Å². The molecule has 0 saturated carbocycles. The molecule has 0 saturated heterocycles. The highest BCUT2D eigenvalue weighted by Gasteiger charge is 2.22. The first-order valence-corrected chi connectivity index (χ1v) is 8.21. The summed E-state index contributed by atoms with van der Waals surface area (Å²) >= 11 is 6.08. The number of benzene rings is 2. The highest BCUT2D eigenvalue weighted by atomic mass is 35.5. The number of halogens is 1. The van der Waals surface area contributed by atoms with Gasteiger partial charge >= 0.3 is 0 Å². The van der Waals surface area contributed by atoms with Crippen molar-refractivity contribution >= 4 is 17.5 Å². The smallest absolute Gasteiger partial charge is 0.221 e. The molecule has 0 heterocycles. The fraction of sp³-hybridized carbons (Fsp3) is 0.316. The van der Waals surface area contributed by atoms with Crippen molar-refractivity contribution in [3.8, 4) is 5.75 Å². The molecule has 0 radical (unpaired) electrons. The van der Waals surface area contributed by atoms with Crippen LogP contribution < -0.4 is 5.32 Å². The number of aromatic hydroxyl groups is 1. The Morgan fingerprint density at radius 1 is 1.22 bits per heavy atom. The Hall–Kier alpha value is -2.00. The molecule has 0 aliphatic heterocycles. The molecule has 0 aliphatic rings. The van der Waals surface area contributed by atoms with Gasteiger partial charge in [-0.2, -0.15) is 0 Å². The van der Waals surface area contributed by atoms with Crippen molar-refractivity contribution in [3.63, 3.8) is 0 Å². The van der Waals surface area contributed by atoms with Gasteiger partial charge in [0.15, 0.2) is 0 Å². The average molecular weight is 332 g/mol. The van der Waals surface area contributed by atoms with Gasteiger partial charge in [-0.25, -0.2) is 0 Å². The molecule has 0 unspecified atom stereocenters. The zero-order valence-electron chi connectivity index (χ0n) is 13.4. The van der Waals surface area contributed by atoms with Crippen molar-refractivity contribution in [1.29, 1.82) is 0 Å². The molecule has 2 atom stereocenters. The molecule has 0 spiro atoms. The minimum absolute atomic E-state index is 0.0346. The van der Waals surface area contributed by atoms with Crippen molar-refractivity contribution in [2.45, 2.75) is 38.6 Å². The zero-order valence-corrected chi connectivity index (χ0v) is 14.2. The summed E-state index contributed by atoms with van der Waals surface area (Å²) in [5, 5.41) is 13.7. The molecule has 23 heavy (non-hydrogen) atoms. The lowest BCUT2D eigenvalue weighted by molar-refractivity contribution is -0.121. The summed E-state index contributed by atoms with van der Waals surface area (Å²) in [5.41, 5.74) is 1.65. The largest absolute Gasteiger partial charge is 0.508 e. The van der Waals surface area contributed by atoms with Crippen LogP contribution >= 0.6 is 11.6 Å². The van der Waals surface area contributed by atoms with E-state index in [1.165, 1.54) is 0 Å². The molecule has 2 N–H and O–H groups in total. The van der Waals surface area contributed by atoms with Crippen molar-refractivity contribution < 1.29 is 9.90 Å². The van der Waals surface area contributed by atoms with E-state index in [0.29, 0.717) is 10.6 Å². The van der Waals surface area contributed by atoms with Crippen LogP contribution in [0.5, 0.6) is 5.75 Å². The molecule has 122 valence electrons. The minimum atomic E-state index is -0.237. The number of carbonyl (C=O) groups is 1. The van der Waals surface area contributed by atoms with E-state index in [-0.39, 0.29) is 30.0 Å². The molecule has 2 rings (SSSR count). The SMILES string of the molecule is CC[C@@H](C)NC(=O)C[C@@H](c1ccccc1)c1cc(Cl)ccc1O.